The Morgan fingerprint density at radius 2 is 2.08 bits per heavy atom. The van der Waals surface area contributed by atoms with Crippen LogP contribution < -0.4 is 20.1 Å². The number of nitrogens with one attached hydrogen (secondary N) is 2. The fourth-order valence-electron chi connectivity index (χ4n) is 2.56. The number of hydrogen-bond donors (Lipinski definition) is 4. The molecule has 0 fully saturated rings. The van der Waals surface area contributed by atoms with Gasteiger partial charge in [-0.2, -0.15) is 0 Å². The summed E-state index contributed by atoms with van der Waals surface area (Å²) in [6, 6.07) is 2.12. The number of rotatable bonds is 4. The number of amides is 2. The molecule has 9 heteroatoms. The summed E-state index contributed by atoms with van der Waals surface area (Å²) in [5.41, 5.74) is -0.296. The molecule has 1 unspecified atom stereocenters. The SMILES string of the molecule is COc1cc2c(cc1NC(=O)CCl)OC(C)(C)C(O)[C@H]2NC(=O)O. The van der Waals surface area contributed by atoms with Gasteiger partial charge >= 0.3 is 6.09 Å². The number of carbonyl (C=O) groups excluding carboxylic acids is 1. The summed E-state index contributed by atoms with van der Waals surface area (Å²) in [6.45, 7) is 3.27. The number of carbonyl (C=O) groups is 2. The van der Waals surface area contributed by atoms with Gasteiger partial charge in [0.2, 0.25) is 5.91 Å². The molecule has 0 saturated carbocycles. The number of benzene rings is 1. The van der Waals surface area contributed by atoms with E-state index in [1.165, 1.54) is 19.2 Å². The van der Waals surface area contributed by atoms with Crippen molar-refractivity contribution < 1.29 is 29.3 Å². The van der Waals surface area contributed by atoms with Gasteiger partial charge in [-0.05, 0) is 19.9 Å². The molecule has 1 heterocycles. The molecule has 8 nitrogen and oxygen atoms in total. The minimum atomic E-state index is -1.28. The van der Waals surface area contributed by atoms with Crippen LogP contribution >= 0.6 is 11.6 Å². The second kappa shape index (κ2) is 6.74. The highest BCUT2D eigenvalue weighted by Gasteiger charge is 2.44. The zero-order valence-electron chi connectivity index (χ0n) is 13.4. The lowest BCUT2D eigenvalue weighted by molar-refractivity contribution is -0.113. The number of methoxy groups -OCH3 is 1. The van der Waals surface area contributed by atoms with Gasteiger partial charge in [0.1, 0.15) is 29.1 Å². The quantitative estimate of drug-likeness (QED) is 0.609. The van der Waals surface area contributed by atoms with Crippen LogP contribution in [0.4, 0.5) is 10.5 Å². The maximum Gasteiger partial charge on any atom is 0.405 e. The van der Waals surface area contributed by atoms with Gasteiger partial charge in [-0.15, -0.1) is 11.6 Å². The smallest absolute Gasteiger partial charge is 0.405 e. The van der Waals surface area contributed by atoms with Crippen molar-refractivity contribution in [3.63, 3.8) is 0 Å². The van der Waals surface area contributed by atoms with E-state index >= 15 is 0 Å². The molecule has 0 aliphatic carbocycles. The Labute approximate surface area is 143 Å². The third-order valence-electron chi connectivity index (χ3n) is 3.74. The van der Waals surface area contributed by atoms with Crippen molar-refractivity contribution >= 4 is 29.3 Å². The van der Waals surface area contributed by atoms with Gasteiger partial charge in [0.15, 0.2) is 0 Å². The lowest BCUT2D eigenvalue weighted by Crippen LogP contribution is -2.53. The van der Waals surface area contributed by atoms with Gasteiger partial charge < -0.3 is 30.3 Å². The second-order valence-electron chi connectivity index (χ2n) is 5.85. The molecule has 132 valence electrons. The monoisotopic (exact) mass is 358 g/mol. The molecule has 24 heavy (non-hydrogen) atoms. The lowest BCUT2D eigenvalue weighted by Gasteiger charge is -2.42. The maximum atomic E-state index is 11.5. The highest BCUT2D eigenvalue weighted by atomic mass is 35.5. The van der Waals surface area contributed by atoms with Crippen molar-refractivity contribution in [3.05, 3.63) is 17.7 Å². The normalized spacial score (nSPS) is 21.2. The molecule has 1 aromatic rings. The highest BCUT2D eigenvalue weighted by Crippen LogP contribution is 2.44. The van der Waals surface area contributed by atoms with Gasteiger partial charge in [-0.1, -0.05) is 0 Å². The molecule has 0 saturated heterocycles. The average molecular weight is 359 g/mol. The first-order chi connectivity index (χ1) is 11.2. The summed E-state index contributed by atoms with van der Waals surface area (Å²) in [5.74, 6) is -0.0334. The molecule has 1 aliphatic rings. The third kappa shape index (κ3) is 3.49. The second-order valence-corrected chi connectivity index (χ2v) is 6.12. The summed E-state index contributed by atoms with van der Waals surface area (Å²) < 4.78 is 11.0. The minimum absolute atomic E-state index is 0.228. The molecule has 0 bridgehead atoms. The van der Waals surface area contributed by atoms with E-state index in [9.17, 15) is 14.7 Å². The molecule has 2 atom stereocenters. The lowest BCUT2D eigenvalue weighted by atomic mass is 9.86. The van der Waals surface area contributed by atoms with Crippen LogP contribution in [0, 0.1) is 0 Å². The Morgan fingerprint density at radius 1 is 1.42 bits per heavy atom. The van der Waals surface area contributed by atoms with E-state index in [1.807, 2.05) is 0 Å². The summed E-state index contributed by atoms with van der Waals surface area (Å²) in [7, 11) is 1.40. The first-order valence-corrected chi connectivity index (χ1v) is 7.67. The largest absolute Gasteiger partial charge is 0.495 e. The number of aliphatic hydroxyl groups excluding tert-OH is 1. The highest BCUT2D eigenvalue weighted by molar-refractivity contribution is 6.29. The van der Waals surface area contributed by atoms with Gasteiger partial charge in [-0.3, -0.25) is 4.79 Å². The van der Waals surface area contributed by atoms with E-state index in [1.54, 1.807) is 13.8 Å². The molecule has 1 aromatic carbocycles. The molecule has 2 rings (SSSR count). The van der Waals surface area contributed by atoms with E-state index in [2.05, 4.69) is 10.6 Å². The van der Waals surface area contributed by atoms with Crippen LogP contribution in [0.1, 0.15) is 25.5 Å². The zero-order valence-corrected chi connectivity index (χ0v) is 14.2. The van der Waals surface area contributed by atoms with Crippen molar-refractivity contribution in [1.29, 1.82) is 0 Å². The number of halogens is 1. The first-order valence-electron chi connectivity index (χ1n) is 7.14. The predicted molar refractivity (Wildman–Crippen MR) is 87.0 cm³/mol. The number of carboxylic acid groups (broad SMARTS) is 1. The molecule has 0 spiro atoms. The molecule has 0 radical (unpaired) electrons. The average Bonchev–Trinajstić information content (AvgIpc) is 2.50. The predicted octanol–water partition coefficient (Wildman–Crippen LogP) is 1.71. The number of fused-ring (bicyclic) bond motifs is 1. The van der Waals surface area contributed by atoms with Crippen LogP contribution in [0.25, 0.3) is 0 Å². The molecular formula is C15H19ClN2O6. The summed E-state index contributed by atoms with van der Waals surface area (Å²) in [6.07, 6.45) is -2.39. The van der Waals surface area contributed by atoms with Crippen molar-refractivity contribution in [2.75, 3.05) is 18.3 Å². The molecule has 1 aliphatic heterocycles. The van der Waals surface area contributed by atoms with Crippen molar-refractivity contribution in [2.45, 2.75) is 31.6 Å². The Balaban J connectivity index is 2.53. The first kappa shape index (κ1) is 18.2. The molecular weight excluding hydrogens is 340 g/mol. The van der Waals surface area contributed by atoms with Crippen LogP contribution in [0.5, 0.6) is 11.5 Å². The minimum Gasteiger partial charge on any atom is -0.495 e. The van der Waals surface area contributed by atoms with Gasteiger partial charge in [0.05, 0.1) is 18.8 Å². The molecule has 0 aromatic heterocycles. The number of anilines is 1. The van der Waals surface area contributed by atoms with Crippen LogP contribution in [0.15, 0.2) is 12.1 Å². The van der Waals surface area contributed by atoms with E-state index in [0.717, 1.165) is 0 Å². The number of aliphatic hydroxyl groups is 1. The van der Waals surface area contributed by atoms with Crippen molar-refractivity contribution in [1.82, 2.24) is 5.32 Å². The summed E-state index contributed by atoms with van der Waals surface area (Å²) >= 11 is 5.49. The molecule has 2 amide bonds. The zero-order chi connectivity index (χ0) is 18.1. The molecule has 4 N–H and O–H groups in total. The number of alkyl halides is 1. The van der Waals surface area contributed by atoms with Gasteiger partial charge in [0.25, 0.3) is 0 Å². The fourth-order valence-corrected chi connectivity index (χ4v) is 2.63. The number of hydrogen-bond acceptors (Lipinski definition) is 5. The van der Waals surface area contributed by atoms with E-state index in [-0.39, 0.29) is 5.88 Å². The van der Waals surface area contributed by atoms with Crippen LogP contribution in [-0.2, 0) is 4.79 Å². The Bertz CT molecular complexity index is 664. The van der Waals surface area contributed by atoms with Crippen molar-refractivity contribution in [3.8, 4) is 11.5 Å². The summed E-state index contributed by atoms with van der Waals surface area (Å²) in [4.78, 5) is 22.6. The van der Waals surface area contributed by atoms with Gasteiger partial charge in [0, 0.05) is 11.6 Å². The number of ether oxygens (including phenoxy) is 2. The van der Waals surface area contributed by atoms with Gasteiger partial charge in [-0.25, -0.2) is 4.79 Å². The Kier molecular flexibility index (Phi) is 5.10. The van der Waals surface area contributed by atoms with Crippen molar-refractivity contribution in [2.24, 2.45) is 0 Å². The maximum absolute atomic E-state index is 11.5. The fraction of sp³-hybridized carbons (Fsp3) is 0.467. The van der Waals surface area contributed by atoms with E-state index < -0.39 is 29.7 Å². The van der Waals surface area contributed by atoms with Crippen LogP contribution in [0.3, 0.4) is 0 Å². The van der Waals surface area contributed by atoms with Crippen LogP contribution in [-0.4, -0.2) is 46.9 Å². The van der Waals surface area contributed by atoms with Crippen LogP contribution in [0.2, 0.25) is 0 Å². The topological polar surface area (TPSA) is 117 Å². The standard InChI is InChI=1S/C15H19ClN2O6/c1-15(2)13(20)12(18-14(21)22)7-4-10(23-3)8(5-9(7)24-15)17-11(19)6-16/h4-5,12-13,18,20H,6H2,1-3H3,(H,17,19)(H,21,22)/t12-,13?/m0/s1. The Morgan fingerprint density at radius 3 is 2.62 bits per heavy atom. The summed E-state index contributed by atoms with van der Waals surface area (Å²) in [5, 5.41) is 24.3. The van der Waals surface area contributed by atoms with E-state index in [4.69, 9.17) is 26.2 Å². The third-order valence-corrected chi connectivity index (χ3v) is 3.99. The Hall–Kier alpha value is -2.19. The van der Waals surface area contributed by atoms with E-state index in [0.29, 0.717) is 22.7 Å².